The molecule has 0 radical (unpaired) electrons. The fraction of sp³-hybridized carbons (Fsp3) is 0.900. The van der Waals surface area contributed by atoms with Crippen LogP contribution in [0.25, 0.3) is 0 Å². The summed E-state index contributed by atoms with van der Waals surface area (Å²) in [4.78, 5) is 0. The first-order chi connectivity index (χ1) is 6.22. The minimum absolute atomic E-state index is 0.359. The van der Waals surface area contributed by atoms with Crippen molar-refractivity contribution in [1.82, 2.24) is 0 Å². The fourth-order valence-corrected chi connectivity index (χ4v) is 1.21. The minimum Gasteiger partial charge on any atom is -0.484 e. The monoisotopic (exact) mass is 204 g/mol. The molecule has 0 fully saturated rings. The van der Waals surface area contributed by atoms with Gasteiger partial charge in [-0.05, 0) is 25.1 Å². The van der Waals surface area contributed by atoms with Crippen LogP contribution in [-0.4, -0.2) is 22.9 Å². The number of rotatable bonds is 7. The van der Waals surface area contributed by atoms with Crippen molar-refractivity contribution in [3.8, 4) is 0 Å². The Kier molecular flexibility index (Phi) is 8.35. The molecule has 0 aliphatic carbocycles. The van der Waals surface area contributed by atoms with E-state index in [1.807, 2.05) is 6.92 Å². The van der Waals surface area contributed by atoms with Gasteiger partial charge in [-0.3, -0.25) is 0 Å². The first-order valence-electron chi connectivity index (χ1n) is 5.07. The maximum Gasteiger partial charge on any atom is 0.188 e. The third-order valence-corrected chi connectivity index (χ3v) is 2.22. The second-order valence-electron chi connectivity index (χ2n) is 3.18. The van der Waals surface area contributed by atoms with E-state index in [-0.39, 0.29) is 0 Å². The Morgan fingerprint density at radius 2 is 2.00 bits per heavy atom. The van der Waals surface area contributed by atoms with E-state index < -0.39 is 6.10 Å². The molecule has 0 rings (SSSR count). The molecule has 13 heavy (non-hydrogen) atoms. The summed E-state index contributed by atoms with van der Waals surface area (Å²) in [5.41, 5.74) is 0. The van der Waals surface area contributed by atoms with E-state index in [0.29, 0.717) is 18.1 Å². The van der Waals surface area contributed by atoms with Crippen molar-refractivity contribution in [3.63, 3.8) is 0 Å². The summed E-state index contributed by atoms with van der Waals surface area (Å²) in [7, 11) is 0. The molecular weight excluding hydrogens is 184 g/mol. The van der Waals surface area contributed by atoms with Gasteiger partial charge in [-0.25, -0.2) is 0 Å². The zero-order chi connectivity index (χ0) is 10.1. The van der Waals surface area contributed by atoms with Crippen molar-refractivity contribution >= 4 is 17.3 Å². The molecule has 0 amide bonds. The van der Waals surface area contributed by atoms with Gasteiger partial charge in [-0.1, -0.05) is 33.1 Å². The van der Waals surface area contributed by atoms with Crippen molar-refractivity contribution in [2.45, 2.75) is 52.1 Å². The van der Waals surface area contributed by atoms with Crippen LogP contribution >= 0.6 is 12.2 Å². The highest BCUT2D eigenvalue weighted by Crippen LogP contribution is 2.02. The van der Waals surface area contributed by atoms with Crippen LogP contribution in [0.1, 0.15) is 46.0 Å². The van der Waals surface area contributed by atoms with E-state index >= 15 is 0 Å². The van der Waals surface area contributed by atoms with Crippen LogP contribution < -0.4 is 0 Å². The summed E-state index contributed by atoms with van der Waals surface area (Å²) < 4.78 is 5.24. The molecule has 1 unspecified atom stereocenters. The largest absolute Gasteiger partial charge is 0.484 e. The van der Waals surface area contributed by atoms with Crippen LogP contribution in [0.15, 0.2) is 0 Å². The number of hydrogen-bond donors (Lipinski definition) is 1. The lowest BCUT2D eigenvalue weighted by Gasteiger charge is -2.12. The fourth-order valence-electron chi connectivity index (χ4n) is 1.01. The summed E-state index contributed by atoms with van der Waals surface area (Å²) >= 11 is 4.92. The average Bonchev–Trinajstić information content (AvgIpc) is 2.12. The molecule has 1 atom stereocenters. The van der Waals surface area contributed by atoms with E-state index in [0.717, 1.165) is 19.3 Å². The number of aliphatic hydroxyl groups is 1. The van der Waals surface area contributed by atoms with E-state index in [2.05, 4.69) is 6.92 Å². The van der Waals surface area contributed by atoms with Gasteiger partial charge in [0.2, 0.25) is 0 Å². The normalized spacial score (nSPS) is 12.5. The van der Waals surface area contributed by atoms with E-state index in [9.17, 15) is 5.11 Å². The molecule has 0 spiro atoms. The Bertz CT molecular complexity index is 137. The molecule has 0 aromatic rings. The second kappa shape index (κ2) is 8.45. The highest BCUT2D eigenvalue weighted by atomic mass is 32.1. The predicted molar refractivity (Wildman–Crippen MR) is 59.0 cm³/mol. The quantitative estimate of drug-likeness (QED) is 0.511. The number of ether oxygens (including phenoxy) is 1. The first-order valence-corrected chi connectivity index (χ1v) is 5.47. The van der Waals surface area contributed by atoms with Gasteiger partial charge < -0.3 is 9.84 Å². The number of unbranched alkanes of at least 4 members (excludes halogenated alkanes) is 2. The zero-order valence-electron chi connectivity index (χ0n) is 8.58. The number of thiocarbonyl (C=S) groups is 1. The summed E-state index contributed by atoms with van der Waals surface area (Å²) in [6.07, 6.45) is 4.43. The van der Waals surface area contributed by atoms with Gasteiger partial charge in [0.05, 0.1) is 6.61 Å². The molecule has 1 N–H and O–H groups in total. The van der Waals surface area contributed by atoms with Crippen LogP contribution in [0, 0.1) is 0 Å². The van der Waals surface area contributed by atoms with Crippen molar-refractivity contribution in [1.29, 1.82) is 0 Å². The van der Waals surface area contributed by atoms with Gasteiger partial charge in [0.25, 0.3) is 0 Å². The van der Waals surface area contributed by atoms with Crippen molar-refractivity contribution in [3.05, 3.63) is 0 Å². The van der Waals surface area contributed by atoms with Gasteiger partial charge in [0.1, 0.15) is 6.10 Å². The molecule has 0 aromatic carbocycles. The lowest BCUT2D eigenvalue weighted by atomic mass is 10.2. The molecule has 0 saturated carbocycles. The van der Waals surface area contributed by atoms with Gasteiger partial charge in [0.15, 0.2) is 5.05 Å². The summed E-state index contributed by atoms with van der Waals surface area (Å²) in [6, 6.07) is 0. The second-order valence-corrected chi connectivity index (χ2v) is 3.58. The Morgan fingerprint density at radius 1 is 1.31 bits per heavy atom. The molecule has 0 heterocycles. The Balaban J connectivity index is 3.38. The molecule has 78 valence electrons. The molecule has 0 bridgehead atoms. The van der Waals surface area contributed by atoms with E-state index in [1.165, 1.54) is 6.42 Å². The third-order valence-electron chi connectivity index (χ3n) is 1.83. The van der Waals surface area contributed by atoms with E-state index in [4.69, 9.17) is 17.0 Å². The van der Waals surface area contributed by atoms with Crippen LogP contribution in [0.2, 0.25) is 0 Å². The van der Waals surface area contributed by atoms with Crippen LogP contribution in [0.3, 0.4) is 0 Å². The smallest absolute Gasteiger partial charge is 0.188 e. The molecule has 2 nitrogen and oxygen atoms in total. The highest BCUT2D eigenvalue weighted by molar-refractivity contribution is 7.80. The Labute approximate surface area is 86.3 Å². The number of hydrogen-bond acceptors (Lipinski definition) is 3. The molecule has 0 aliphatic heterocycles. The van der Waals surface area contributed by atoms with Gasteiger partial charge in [0, 0.05) is 0 Å². The Morgan fingerprint density at radius 3 is 2.54 bits per heavy atom. The lowest BCUT2D eigenvalue weighted by molar-refractivity contribution is 0.182. The van der Waals surface area contributed by atoms with Crippen molar-refractivity contribution < 1.29 is 9.84 Å². The van der Waals surface area contributed by atoms with Crippen LogP contribution in [-0.2, 0) is 4.74 Å². The highest BCUT2D eigenvalue weighted by Gasteiger charge is 2.09. The molecule has 3 heteroatoms. The molecule has 0 saturated heterocycles. The van der Waals surface area contributed by atoms with Gasteiger partial charge >= 0.3 is 0 Å². The van der Waals surface area contributed by atoms with Crippen LogP contribution in [0.4, 0.5) is 0 Å². The van der Waals surface area contributed by atoms with E-state index in [1.54, 1.807) is 0 Å². The standard InChI is InChI=1S/C10H20O2S/c1-3-5-6-8-12-10(13)9(11)7-4-2/h9,11H,3-8H2,1-2H3. The topological polar surface area (TPSA) is 29.5 Å². The van der Waals surface area contributed by atoms with Crippen molar-refractivity contribution in [2.75, 3.05) is 6.61 Å². The predicted octanol–water partition coefficient (Wildman–Crippen LogP) is 2.68. The van der Waals surface area contributed by atoms with Gasteiger partial charge in [-0.2, -0.15) is 0 Å². The van der Waals surface area contributed by atoms with Crippen molar-refractivity contribution in [2.24, 2.45) is 0 Å². The lowest BCUT2D eigenvalue weighted by Crippen LogP contribution is -2.21. The summed E-state index contributed by atoms with van der Waals surface area (Å²) in [5.74, 6) is 0. The minimum atomic E-state index is -0.554. The third kappa shape index (κ3) is 6.96. The molecule has 0 aliphatic rings. The Hall–Kier alpha value is -0.150. The molecule has 0 aromatic heterocycles. The molecular formula is C10H20O2S. The summed E-state index contributed by atoms with van der Waals surface area (Å²) in [6.45, 7) is 4.81. The SMILES string of the molecule is CCCCCOC(=S)C(O)CCC. The first kappa shape index (κ1) is 12.8. The zero-order valence-corrected chi connectivity index (χ0v) is 9.40. The number of aliphatic hydroxyl groups excluding tert-OH is 1. The average molecular weight is 204 g/mol. The summed E-state index contributed by atoms with van der Waals surface area (Å²) in [5, 5.41) is 9.77. The maximum absolute atomic E-state index is 9.41. The maximum atomic E-state index is 9.41. The van der Waals surface area contributed by atoms with Crippen LogP contribution in [0.5, 0.6) is 0 Å². The van der Waals surface area contributed by atoms with Gasteiger partial charge in [-0.15, -0.1) is 0 Å².